The molecule has 0 heterocycles. The van der Waals surface area contributed by atoms with Crippen molar-refractivity contribution in [3.05, 3.63) is 12.2 Å². The van der Waals surface area contributed by atoms with E-state index in [0.717, 1.165) is 23.7 Å². The van der Waals surface area contributed by atoms with Crippen LogP contribution in [0.3, 0.4) is 0 Å². The Morgan fingerprint density at radius 2 is 1.57 bits per heavy atom. The standard InChI is InChI=1S/C19H30O4/c1-13(2)18(20)22-6-4-21-5-7-23-19(3)16-9-14-8-15(11-16)12-17(19)10-14/h14-17H,1,4-12H2,2-3H3. The number of esters is 1. The third-order valence-electron chi connectivity index (χ3n) is 6.21. The van der Waals surface area contributed by atoms with Crippen LogP contribution in [0.25, 0.3) is 0 Å². The Morgan fingerprint density at radius 3 is 2.13 bits per heavy atom. The van der Waals surface area contributed by atoms with Gasteiger partial charge in [-0.05, 0) is 69.6 Å². The van der Waals surface area contributed by atoms with E-state index in [0.29, 0.717) is 25.4 Å². The van der Waals surface area contributed by atoms with E-state index >= 15 is 0 Å². The summed E-state index contributed by atoms with van der Waals surface area (Å²) in [6.45, 7) is 9.40. The minimum atomic E-state index is -0.356. The monoisotopic (exact) mass is 322 g/mol. The fourth-order valence-corrected chi connectivity index (χ4v) is 5.09. The summed E-state index contributed by atoms with van der Waals surface area (Å²) in [5.41, 5.74) is 0.478. The second-order valence-electron chi connectivity index (χ2n) is 7.87. The highest BCUT2D eigenvalue weighted by molar-refractivity contribution is 5.86. The molecule has 4 aliphatic carbocycles. The third kappa shape index (κ3) is 3.63. The zero-order valence-electron chi connectivity index (χ0n) is 14.5. The summed E-state index contributed by atoms with van der Waals surface area (Å²) in [6.07, 6.45) is 6.92. The number of carbonyl (C=O) groups is 1. The van der Waals surface area contributed by atoms with Gasteiger partial charge in [0.25, 0.3) is 0 Å². The maximum Gasteiger partial charge on any atom is 0.333 e. The maximum atomic E-state index is 11.2. The van der Waals surface area contributed by atoms with Gasteiger partial charge in [-0.2, -0.15) is 0 Å². The summed E-state index contributed by atoms with van der Waals surface area (Å²) in [4.78, 5) is 11.2. The Hall–Kier alpha value is -0.870. The molecule has 4 rings (SSSR count). The number of hydrogen-bond donors (Lipinski definition) is 0. The lowest BCUT2D eigenvalue weighted by Gasteiger charge is -2.59. The predicted molar refractivity (Wildman–Crippen MR) is 88.0 cm³/mol. The SMILES string of the molecule is C=C(C)C(=O)OCCOCCOC1(C)C2CC3CC(C2)CC1C3. The van der Waals surface area contributed by atoms with Crippen LogP contribution in [0.5, 0.6) is 0 Å². The van der Waals surface area contributed by atoms with Gasteiger partial charge in [-0.15, -0.1) is 0 Å². The van der Waals surface area contributed by atoms with Gasteiger partial charge in [0.05, 0.1) is 25.4 Å². The molecule has 0 radical (unpaired) electrons. The first kappa shape index (κ1) is 17.0. The summed E-state index contributed by atoms with van der Waals surface area (Å²) in [5, 5.41) is 0. The van der Waals surface area contributed by atoms with Crippen molar-refractivity contribution in [2.24, 2.45) is 23.7 Å². The topological polar surface area (TPSA) is 44.8 Å². The quantitative estimate of drug-likeness (QED) is 0.390. The van der Waals surface area contributed by atoms with Crippen LogP contribution in [0.1, 0.15) is 46.0 Å². The van der Waals surface area contributed by atoms with Crippen LogP contribution in [-0.2, 0) is 19.0 Å². The fourth-order valence-electron chi connectivity index (χ4n) is 5.09. The molecule has 0 aromatic rings. The van der Waals surface area contributed by atoms with E-state index < -0.39 is 0 Å². The van der Waals surface area contributed by atoms with E-state index in [1.807, 2.05) is 0 Å². The van der Waals surface area contributed by atoms with E-state index in [9.17, 15) is 4.79 Å². The van der Waals surface area contributed by atoms with E-state index in [1.165, 1.54) is 32.1 Å². The second-order valence-corrected chi connectivity index (χ2v) is 7.87. The molecule has 0 N–H and O–H groups in total. The third-order valence-corrected chi connectivity index (χ3v) is 6.21. The summed E-state index contributed by atoms with van der Waals surface area (Å²) >= 11 is 0. The summed E-state index contributed by atoms with van der Waals surface area (Å²) in [6, 6.07) is 0. The lowest BCUT2D eigenvalue weighted by molar-refractivity contribution is -0.199. The zero-order valence-corrected chi connectivity index (χ0v) is 14.5. The molecule has 4 fully saturated rings. The lowest BCUT2D eigenvalue weighted by atomic mass is 9.50. The van der Waals surface area contributed by atoms with Crippen LogP contribution in [0.4, 0.5) is 0 Å². The first-order valence-corrected chi connectivity index (χ1v) is 9.03. The van der Waals surface area contributed by atoms with E-state index in [1.54, 1.807) is 6.92 Å². The second kappa shape index (κ2) is 6.94. The molecule has 0 atom stereocenters. The van der Waals surface area contributed by atoms with Crippen molar-refractivity contribution in [3.63, 3.8) is 0 Å². The number of ether oxygens (including phenoxy) is 3. The first-order valence-electron chi connectivity index (χ1n) is 9.03. The average molecular weight is 322 g/mol. The molecule has 0 amide bonds. The smallest absolute Gasteiger partial charge is 0.333 e. The molecule has 0 saturated heterocycles. The highest BCUT2D eigenvalue weighted by atomic mass is 16.6. The van der Waals surface area contributed by atoms with Gasteiger partial charge < -0.3 is 14.2 Å². The number of carbonyl (C=O) groups excluding carboxylic acids is 1. The molecule has 23 heavy (non-hydrogen) atoms. The van der Waals surface area contributed by atoms with E-state index in [2.05, 4.69) is 13.5 Å². The molecule has 4 aliphatic rings. The summed E-state index contributed by atoms with van der Waals surface area (Å²) in [5.74, 6) is 3.07. The highest BCUT2D eigenvalue weighted by Gasteiger charge is 2.55. The number of rotatable bonds is 8. The van der Waals surface area contributed by atoms with Crippen molar-refractivity contribution in [1.29, 1.82) is 0 Å². The van der Waals surface area contributed by atoms with E-state index in [4.69, 9.17) is 14.2 Å². The highest BCUT2D eigenvalue weighted by Crippen LogP contribution is 2.59. The van der Waals surface area contributed by atoms with E-state index in [-0.39, 0.29) is 18.2 Å². The van der Waals surface area contributed by atoms with Gasteiger partial charge in [-0.1, -0.05) is 6.58 Å². The van der Waals surface area contributed by atoms with Gasteiger partial charge in [-0.25, -0.2) is 4.79 Å². The summed E-state index contributed by atoms with van der Waals surface area (Å²) < 4.78 is 16.8. The molecule has 0 aromatic carbocycles. The maximum absolute atomic E-state index is 11.2. The Bertz CT molecular complexity index is 428. The molecular formula is C19H30O4. The van der Waals surface area contributed by atoms with Crippen molar-refractivity contribution in [2.75, 3.05) is 26.4 Å². The van der Waals surface area contributed by atoms with Crippen LogP contribution in [0.15, 0.2) is 12.2 Å². The molecule has 0 aromatic heterocycles. The number of hydrogen-bond acceptors (Lipinski definition) is 4. The summed E-state index contributed by atoms with van der Waals surface area (Å²) in [7, 11) is 0. The van der Waals surface area contributed by atoms with Crippen LogP contribution < -0.4 is 0 Å². The van der Waals surface area contributed by atoms with Crippen molar-refractivity contribution >= 4 is 5.97 Å². The van der Waals surface area contributed by atoms with Crippen molar-refractivity contribution < 1.29 is 19.0 Å². The normalized spacial score (nSPS) is 37.8. The van der Waals surface area contributed by atoms with Gasteiger partial charge in [0, 0.05) is 5.57 Å². The molecular weight excluding hydrogens is 292 g/mol. The van der Waals surface area contributed by atoms with Crippen molar-refractivity contribution in [2.45, 2.75) is 51.6 Å². The average Bonchev–Trinajstić information content (AvgIpc) is 2.50. The minimum absolute atomic E-state index is 0.0587. The largest absolute Gasteiger partial charge is 0.460 e. The van der Waals surface area contributed by atoms with Gasteiger partial charge >= 0.3 is 5.97 Å². The molecule has 4 heteroatoms. The minimum Gasteiger partial charge on any atom is -0.460 e. The Morgan fingerprint density at radius 1 is 1.00 bits per heavy atom. The Labute approximate surface area is 139 Å². The predicted octanol–water partition coefficient (Wildman–Crippen LogP) is 3.35. The fraction of sp³-hybridized carbons (Fsp3) is 0.842. The molecule has 4 nitrogen and oxygen atoms in total. The molecule has 4 saturated carbocycles. The Kier molecular flexibility index (Phi) is 5.12. The lowest BCUT2D eigenvalue weighted by Crippen LogP contribution is -2.57. The van der Waals surface area contributed by atoms with Gasteiger partial charge in [0.1, 0.15) is 6.61 Å². The molecule has 4 bridgehead atoms. The van der Waals surface area contributed by atoms with Gasteiger partial charge in [-0.3, -0.25) is 0 Å². The Balaban J connectivity index is 1.33. The first-order chi connectivity index (χ1) is 11.0. The van der Waals surface area contributed by atoms with Gasteiger partial charge in [0.2, 0.25) is 0 Å². The molecule has 130 valence electrons. The van der Waals surface area contributed by atoms with Gasteiger partial charge in [0.15, 0.2) is 0 Å². The van der Waals surface area contributed by atoms with Crippen LogP contribution >= 0.6 is 0 Å². The van der Waals surface area contributed by atoms with Crippen LogP contribution in [0, 0.1) is 23.7 Å². The zero-order chi connectivity index (χ0) is 16.4. The van der Waals surface area contributed by atoms with Crippen molar-refractivity contribution in [1.82, 2.24) is 0 Å². The molecule has 0 aliphatic heterocycles. The van der Waals surface area contributed by atoms with Crippen molar-refractivity contribution in [3.8, 4) is 0 Å². The van der Waals surface area contributed by atoms with Crippen LogP contribution in [0.2, 0.25) is 0 Å². The van der Waals surface area contributed by atoms with Crippen LogP contribution in [-0.4, -0.2) is 38.0 Å². The molecule has 0 spiro atoms. The molecule has 0 unspecified atom stereocenters.